The number of piperazine rings is 1. The molecule has 8 nitrogen and oxygen atoms in total. The van der Waals surface area contributed by atoms with Gasteiger partial charge in [0.15, 0.2) is 0 Å². The molecule has 2 fully saturated rings. The highest BCUT2D eigenvalue weighted by molar-refractivity contribution is 5.76. The number of halogens is 3. The van der Waals surface area contributed by atoms with Crippen LogP contribution < -0.4 is 9.64 Å². The summed E-state index contributed by atoms with van der Waals surface area (Å²) < 4.78 is 45.3. The summed E-state index contributed by atoms with van der Waals surface area (Å²) in [6.07, 6.45) is -3.82. The lowest BCUT2D eigenvalue weighted by Crippen LogP contribution is -2.48. The van der Waals surface area contributed by atoms with Crippen LogP contribution in [0.15, 0.2) is 42.5 Å². The van der Waals surface area contributed by atoms with Crippen molar-refractivity contribution >= 4 is 17.3 Å². The SMILES string of the molecule is Cc1ccc(N2CCN(CCC(=O)N3CCC(Oc4ccc([N+](=O)[O-])c(C(F)(F)F)c4)CC3)CC2)cc1. The van der Waals surface area contributed by atoms with Gasteiger partial charge in [0.05, 0.1) is 4.92 Å². The fourth-order valence-electron chi connectivity index (χ4n) is 4.79. The number of hydrogen-bond acceptors (Lipinski definition) is 6. The molecular weight excluding hydrogens is 489 g/mol. The van der Waals surface area contributed by atoms with E-state index in [0.717, 1.165) is 32.2 Å². The van der Waals surface area contributed by atoms with E-state index in [2.05, 4.69) is 41.0 Å². The van der Waals surface area contributed by atoms with Crippen molar-refractivity contribution < 1.29 is 27.6 Å². The fraction of sp³-hybridized carbons (Fsp3) is 0.500. The summed E-state index contributed by atoms with van der Waals surface area (Å²) in [6.45, 7) is 7.31. The molecule has 0 saturated carbocycles. The number of amides is 1. The van der Waals surface area contributed by atoms with E-state index in [1.54, 1.807) is 4.90 Å². The van der Waals surface area contributed by atoms with Gasteiger partial charge in [-0.15, -0.1) is 0 Å². The van der Waals surface area contributed by atoms with E-state index in [4.69, 9.17) is 4.74 Å². The number of likely N-dealkylation sites (tertiary alicyclic amines) is 1. The number of ether oxygens (including phenoxy) is 1. The Kier molecular flexibility index (Phi) is 8.21. The zero-order valence-corrected chi connectivity index (χ0v) is 20.7. The Morgan fingerprint density at radius 2 is 1.68 bits per heavy atom. The molecule has 2 aromatic rings. The van der Waals surface area contributed by atoms with Crippen LogP contribution in [0.2, 0.25) is 0 Å². The van der Waals surface area contributed by atoms with Crippen LogP contribution in [0.1, 0.15) is 30.4 Å². The van der Waals surface area contributed by atoms with Crippen LogP contribution >= 0.6 is 0 Å². The van der Waals surface area contributed by atoms with E-state index >= 15 is 0 Å². The summed E-state index contributed by atoms with van der Waals surface area (Å²) >= 11 is 0. The first kappa shape index (κ1) is 26.7. The number of alkyl halides is 3. The molecule has 200 valence electrons. The van der Waals surface area contributed by atoms with Gasteiger partial charge in [0.1, 0.15) is 17.4 Å². The van der Waals surface area contributed by atoms with Gasteiger partial charge >= 0.3 is 6.18 Å². The van der Waals surface area contributed by atoms with Gasteiger partial charge in [-0.1, -0.05) is 17.7 Å². The van der Waals surface area contributed by atoms with Gasteiger partial charge in [0.2, 0.25) is 5.91 Å². The van der Waals surface area contributed by atoms with Crippen LogP contribution in [0.3, 0.4) is 0 Å². The van der Waals surface area contributed by atoms with Crippen molar-refractivity contribution in [3.05, 3.63) is 63.7 Å². The summed E-state index contributed by atoms with van der Waals surface area (Å²) in [7, 11) is 0. The Labute approximate surface area is 213 Å². The minimum atomic E-state index is -4.86. The molecule has 11 heteroatoms. The fourth-order valence-corrected chi connectivity index (χ4v) is 4.79. The van der Waals surface area contributed by atoms with Gasteiger partial charge in [0, 0.05) is 76.8 Å². The van der Waals surface area contributed by atoms with Crippen LogP contribution in [-0.2, 0) is 11.0 Å². The van der Waals surface area contributed by atoms with Gasteiger partial charge < -0.3 is 14.5 Å². The largest absolute Gasteiger partial charge is 0.490 e. The molecule has 0 spiro atoms. The Hall–Kier alpha value is -3.34. The number of rotatable bonds is 7. The van der Waals surface area contributed by atoms with Crippen LogP contribution in [-0.4, -0.2) is 72.5 Å². The van der Waals surface area contributed by atoms with Crippen molar-refractivity contribution in [2.45, 2.75) is 38.5 Å². The second-order valence-corrected chi connectivity index (χ2v) is 9.55. The summed E-state index contributed by atoms with van der Waals surface area (Å²) in [6, 6.07) is 11.2. The zero-order chi connectivity index (χ0) is 26.6. The van der Waals surface area contributed by atoms with Crippen LogP contribution in [0, 0.1) is 17.0 Å². The van der Waals surface area contributed by atoms with Gasteiger partial charge in [-0.3, -0.25) is 19.8 Å². The number of anilines is 1. The summed E-state index contributed by atoms with van der Waals surface area (Å²) in [5, 5.41) is 10.9. The first-order chi connectivity index (χ1) is 17.6. The molecule has 2 aliphatic rings. The van der Waals surface area contributed by atoms with E-state index in [9.17, 15) is 28.1 Å². The molecule has 1 amide bonds. The van der Waals surface area contributed by atoms with Gasteiger partial charge in [0.25, 0.3) is 5.69 Å². The molecule has 2 aliphatic heterocycles. The molecule has 2 saturated heterocycles. The summed E-state index contributed by atoms with van der Waals surface area (Å²) in [5.41, 5.74) is 0.118. The Morgan fingerprint density at radius 3 is 2.27 bits per heavy atom. The van der Waals surface area contributed by atoms with Crippen molar-refractivity contribution in [1.82, 2.24) is 9.80 Å². The third kappa shape index (κ3) is 6.91. The van der Waals surface area contributed by atoms with Gasteiger partial charge in [-0.25, -0.2) is 0 Å². The Morgan fingerprint density at radius 1 is 1.03 bits per heavy atom. The lowest BCUT2D eigenvalue weighted by Gasteiger charge is -2.37. The summed E-state index contributed by atoms with van der Waals surface area (Å²) in [4.78, 5) is 29.0. The molecule has 0 aromatic heterocycles. The van der Waals surface area contributed by atoms with Crippen molar-refractivity contribution in [1.29, 1.82) is 0 Å². The van der Waals surface area contributed by atoms with Crippen molar-refractivity contribution in [3.63, 3.8) is 0 Å². The molecule has 2 aromatic carbocycles. The van der Waals surface area contributed by atoms with Gasteiger partial charge in [-0.2, -0.15) is 13.2 Å². The van der Waals surface area contributed by atoms with E-state index in [1.807, 2.05) is 0 Å². The number of aryl methyl sites for hydroxylation is 1. The molecule has 0 bridgehead atoms. The topological polar surface area (TPSA) is 79.2 Å². The maximum atomic E-state index is 13.2. The maximum absolute atomic E-state index is 13.2. The minimum absolute atomic E-state index is 0.0625. The monoisotopic (exact) mass is 520 g/mol. The van der Waals surface area contributed by atoms with E-state index in [1.165, 1.54) is 17.3 Å². The highest BCUT2D eigenvalue weighted by atomic mass is 19.4. The summed E-state index contributed by atoms with van der Waals surface area (Å²) in [5.74, 6) is 0.00147. The first-order valence-electron chi connectivity index (χ1n) is 12.4. The van der Waals surface area contributed by atoms with E-state index in [-0.39, 0.29) is 17.8 Å². The lowest BCUT2D eigenvalue weighted by molar-refractivity contribution is -0.388. The number of nitrogens with zero attached hydrogens (tertiary/aromatic N) is 4. The van der Waals surface area contributed by atoms with Crippen molar-refractivity contribution in [2.24, 2.45) is 0 Å². The number of benzene rings is 2. The van der Waals surface area contributed by atoms with Crippen LogP contribution in [0.4, 0.5) is 24.5 Å². The Balaban J connectivity index is 1.20. The number of carbonyl (C=O) groups excluding carboxylic acids is 1. The number of piperidine rings is 1. The molecule has 2 heterocycles. The number of carbonyl (C=O) groups is 1. The maximum Gasteiger partial charge on any atom is 0.423 e. The average Bonchev–Trinajstić information content (AvgIpc) is 2.88. The number of hydrogen-bond donors (Lipinski definition) is 0. The standard InChI is InChI=1S/C26H31F3N4O4/c1-19-2-4-20(5-3-19)31-16-14-30(15-17-31)11-10-25(34)32-12-8-21(9-13-32)37-22-6-7-24(33(35)36)23(18-22)26(27,28)29/h2-7,18,21H,8-17H2,1H3. The molecule has 0 radical (unpaired) electrons. The third-order valence-corrected chi connectivity index (χ3v) is 6.98. The first-order valence-corrected chi connectivity index (χ1v) is 12.4. The minimum Gasteiger partial charge on any atom is -0.490 e. The highest BCUT2D eigenvalue weighted by Gasteiger charge is 2.39. The third-order valence-electron chi connectivity index (χ3n) is 6.98. The second-order valence-electron chi connectivity index (χ2n) is 9.55. The smallest absolute Gasteiger partial charge is 0.423 e. The quantitative estimate of drug-likeness (QED) is 0.395. The van der Waals surface area contributed by atoms with Gasteiger partial charge in [-0.05, 0) is 31.2 Å². The zero-order valence-electron chi connectivity index (χ0n) is 20.7. The predicted octanol–water partition coefficient (Wildman–Crippen LogP) is 4.50. The molecule has 0 unspecified atom stereocenters. The lowest BCUT2D eigenvalue weighted by atomic mass is 10.1. The predicted molar refractivity (Wildman–Crippen MR) is 133 cm³/mol. The number of nitro groups is 1. The highest BCUT2D eigenvalue weighted by Crippen LogP contribution is 2.38. The molecular formula is C26H31F3N4O4. The second kappa shape index (κ2) is 11.4. The molecule has 0 atom stereocenters. The van der Waals surface area contributed by atoms with Crippen LogP contribution in [0.5, 0.6) is 5.75 Å². The van der Waals surface area contributed by atoms with Crippen LogP contribution in [0.25, 0.3) is 0 Å². The molecule has 0 N–H and O–H groups in total. The molecule has 37 heavy (non-hydrogen) atoms. The van der Waals surface area contributed by atoms with E-state index in [0.29, 0.717) is 45.0 Å². The van der Waals surface area contributed by atoms with E-state index < -0.39 is 22.4 Å². The van der Waals surface area contributed by atoms with Crippen molar-refractivity contribution in [2.75, 3.05) is 50.7 Å². The number of nitro benzene ring substituents is 1. The molecule has 4 rings (SSSR count). The normalized spacial score (nSPS) is 17.6. The average molecular weight is 521 g/mol. The van der Waals surface area contributed by atoms with Crippen molar-refractivity contribution in [3.8, 4) is 5.75 Å². The molecule has 0 aliphatic carbocycles. The Bertz CT molecular complexity index is 1090.